The van der Waals surface area contributed by atoms with E-state index in [2.05, 4.69) is 20.4 Å². The van der Waals surface area contributed by atoms with E-state index < -0.39 is 0 Å². The van der Waals surface area contributed by atoms with Gasteiger partial charge in [-0.25, -0.2) is 19.2 Å². The number of nitrogens with one attached hydrogen (secondary N) is 1. The molecule has 10 nitrogen and oxygen atoms in total. The number of fused-ring (bicyclic) bond motifs is 1. The van der Waals surface area contributed by atoms with E-state index in [0.29, 0.717) is 23.0 Å². The largest absolute Gasteiger partial charge is 0.350 e. The third-order valence-corrected chi connectivity index (χ3v) is 7.07. The number of hydrogen-bond donors (Lipinski definition) is 2. The SMILES string of the molecule is Cc1nn2cncc2c(=O)n1CC1CCCCC1.Nn1cncc1C(=O)NCC1CCCCC1. The summed E-state index contributed by atoms with van der Waals surface area (Å²) < 4.78 is 4.62. The van der Waals surface area contributed by atoms with E-state index in [-0.39, 0.29) is 11.5 Å². The lowest BCUT2D eigenvalue weighted by atomic mass is 9.89. The molecule has 0 atom stereocenters. The topological polar surface area (TPSA) is 125 Å². The second kappa shape index (κ2) is 11.3. The highest BCUT2D eigenvalue weighted by Gasteiger charge is 2.18. The lowest BCUT2D eigenvalue weighted by Crippen LogP contribution is -2.32. The molecule has 0 bridgehead atoms. The van der Waals surface area contributed by atoms with Gasteiger partial charge in [-0.1, -0.05) is 38.5 Å². The van der Waals surface area contributed by atoms with Gasteiger partial charge in [0.2, 0.25) is 0 Å². The summed E-state index contributed by atoms with van der Waals surface area (Å²) in [4.78, 5) is 31.9. The molecule has 0 saturated heterocycles. The Morgan fingerprint density at radius 3 is 2.29 bits per heavy atom. The number of rotatable bonds is 5. The van der Waals surface area contributed by atoms with Gasteiger partial charge in [0.1, 0.15) is 29.7 Å². The van der Waals surface area contributed by atoms with Crippen LogP contribution < -0.4 is 16.7 Å². The number of aryl methyl sites for hydroxylation is 1. The lowest BCUT2D eigenvalue weighted by Gasteiger charge is -2.23. The minimum Gasteiger partial charge on any atom is -0.350 e. The minimum absolute atomic E-state index is 0.0329. The normalized spacial score (nSPS) is 17.3. The van der Waals surface area contributed by atoms with Crippen molar-refractivity contribution in [2.24, 2.45) is 11.8 Å². The van der Waals surface area contributed by atoms with Crippen molar-refractivity contribution in [3.8, 4) is 0 Å². The molecule has 3 N–H and O–H groups in total. The van der Waals surface area contributed by atoms with Crippen molar-refractivity contribution in [3.63, 3.8) is 0 Å². The summed E-state index contributed by atoms with van der Waals surface area (Å²) in [5, 5.41) is 7.29. The molecule has 5 rings (SSSR count). The van der Waals surface area contributed by atoms with Crippen molar-refractivity contribution in [2.45, 2.75) is 77.7 Å². The molecule has 0 aliphatic heterocycles. The van der Waals surface area contributed by atoms with Gasteiger partial charge < -0.3 is 11.2 Å². The number of hydrogen-bond acceptors (Lipinski definition) is 6. The average molecular weight is 469 g/mol. The molecule has 2 saturated carbocycles. The van der Waals surface area contributed by atoms with Crippen molar-refractivity contribution >= 4 is 11.4 Å². The summed E-state index contributed by atoms with van der Waals surface area (Å²) in [5.74, 6) is 7.44. The van der Waals surface area contributed by atoms with Gasteiger partial charge in [0, 0.05) is 13.1 Å². The molecular weight excluding hydrogens is 432 g/mol. The van der Waals surface area contributed by atoms with Crippen LogP contribution >= 0.6 is 0 Å². The highest BCUT2D eigenvalue weighted by molar-refractivity contribution is 5.92. The van der Waals surface area contributed by atoms with Crippen LogP contribution in [0.25, 0.3) is 5.52 Å². The van der Waals surface area contributed by atoms with Crippen LogP contribution in [0.15, 0.2) is 29.8 Å². The third kappa shape index (κ3) is 5.84. The van der Waals surface area contributed by atoms with Crippen LogP contribution in [0, 0.1) is 18.8 Å². The predicted octanol–water partition coefficient (Wildman–Crippen LogP) is 2.69. The first-order valence-electron chi connectivity index (χ1n) is 12.5. The van der Waals surface area contributed by atoms with Gasteiger partial charge in [-0.05, 0) is 44.4 Å². The second-order valence-electron chi connectivity index (χ2n) is 9.59. The van der Waals surface area contributed by atoms with Gasteiger partial charge in [-0.3, -0.25) is 14.2 Å². The maximum absolute atomic E-state index is 12.3. The number of nitrogens with zero attached hydrogens (tertiary/aromatic N) is 6. The summed E-state index contributed by atoms with van der Waals surface area (Å²) in [7, 11) is 0. The molecule has 2 aliphatic carbocycles. The minimum atomic E-state index is -0.134. The molecular formula is C24H36N8O2. The molecule has 0 radical (unpaired) electrons. The molecule has 3 heterocycles. The van der Waals surface area contributed by atoms with Crippen molar-refractivity contribution in [1.29, 1.82) is 0 Å². The fraction of sp³-hybridized carbons (Fsp3) is 0.625. The summed E-state index contributed by atoms with van der Waals surface area (Å²) in [6, 6.07) is 0. The van der Waals surface area contributed by atoms with E-state index >= 15 is 0 Å². The van der Waals surface area contributed by atoms with Gasteiger partial charge >= 0.3 is 0 Å². The molecule has 3 aromatic heterocycles. The van der Waals surface area contributed by atoms with E-state index in [9.17, 15) is 9.59 Å². The molecule has 0 aromatic carbocycles. The van der Waals surface area contributed by atoms with Crippen molar-refractivity contribution < 1.29 is 4.79 Å². The molecule has 1 amide bonds. The number of imidazole rings is 2. The first kappa shape index (κ1) is 24.0. The zero-order chi connectivity index (χ0) is 23.9. The summed E-state index contributed by atoms with van der Waals surface area (Å²) in [6.07, 6.45) is 18.8. The first-order valence-corrected chi connectivity index (χ1v) is 12.5. The van der Waals surface area contributed by atoms with E-state index in [0.717, 1.165) is 18.9 Å². The standard InChI is InChI=1S/C13H18N4O.C11H18N4O/c1-10-15-17-9-14-7-12(17)13(18)16(10)8-11-5-3-2-4-6-11;12-15-8-13-7-10(15)11(16)14-6-9-4-2-1-3-5-9/h7,9,11H,2-6,8H2,1H3;7-9H,1-6,12H2,(H,14,16). The van der Waals surface area contributed by atoms with Gasteiger partial charge in [0.05, 0.1) is 12.4 Å². The van der Waals surface area contributed by atoms with Crippen LogP contribution in [-0.2, 0) is 6.54 Å². The van der Waals surface area contributed by atoms with Crippen LogP contribution in [0.2, 0.25) is 0 Å². The zero-order valence-electron chi connectivity index (χ0n) is 20.0. The summed E-state index contributed by atoms with van der Waals surface area (Å²) in [6.45, 7) is 3.45. The van der Waals surface area contributed by atoms with Gasteiger partial charge in [0.25, 0.3) is 11.5 Å². The van der Waals surface area contributed by atoms with Crippen LogP contribution in [-0.4, -0.2) is 41.3 Å². The molecule has 34 heavy (non-hydrogen) atoms. The molecule has 0 spiro atoms. The molecule has 3 aromatic rings. The van der Waals surface area contributed by atoms with Crippen LogP contribution in [0.3, 0.4) is 0 Å². The predicted molar refractivity (Wildman–Crippen MR) is 130 cm³/mol. The molecule has 2 fully saturated rings. The van der Waals surface area contributed by atoms with Gasteiger partial charge in [0.15, 0.2) is 0 Å². The summed E-state index contributed by atoms with van der Waals surface area (Å²) >= 11 is 0. The maximum atomic E-state index is 12.3. The first-order chi connectivity index (χ1) is 16.5. The zero-order valence-corrected chi connectivity index (χ0v) is 20.0. The molecule has 2 aliphatic rings. The molecule has 0 unspecified atom stereocenters. The molecule has 184 valence electrons. The number of carbonyl (C=O) groups excluding carboxylic acids is 1. The number of nitrogens with two attached hydrogens (primary N) is 1. The van der Waals surface area contributed by atoms with Crippen LogP contribution in [0.4, 0.5) is 0 Å². The monoisotopic (exact) mass is 468 g/mol. The third-order valence-electron chi connectivity index (χ3n) is 7.07. The van der Waals surface area contributed by atoms with Crippen molar-refractivity contribution in [3.05, 3.63) is 46.9 Å². The van der Waals surface area contributed by atoms with E-state index in [4.69, 9.17) is 5.84 Å². The number of carbonyl (C=O) groups is 1. The Morgan fingerprint density at radius 2 is 1.65 bits per heavy atom. The number of nitrogen functional groups attached to an aromatic ring is 1. The Labute approximate surface area is 199 Å². The highest BCUT2D eigenvalue weighted by atomic mass is 16.2. The Morgan fingerprint density at radius 1 is 1.00 bits per heavy atom. The lowest BCUT2D eigenvalue weighted by molar-refractivity contribution is 0.0936. The van der Waals surface area contributed by atoms with Gasteiger partial charge in [-0.15, -0.1) is 0 Å². The van der Waals surface area contributed by atoms with Gasteiger partial charge in [-0.2, -0.15) is 5.10 Å². The maximum Gasteiger partial charge on any atom is 0.279 e. The Hall–Kier alpha value is -3.17. The Bertz CT molecular complexity index is 1140. The van der Waals surface area contributed by atoms with E-state index in [1.807, 2.05) is 11.5 Å². The van der Waals surface area contributed by atoms with Crippen molar-refractivity contribution in [1.82, 2.24) is 34.1 Å². The quantitative estimate of drug-likeness (QED) is 0.555. The van der Waals surface area contributed by atoms with E-state index in [1.165, 1.54) is 81.4 Å². The number of amides is 1. The Kier molecular flexibility index (Phi) is 7.97. The van der Waals surface area contributed by atoms with E-state index in [1.54, 1.807) is 17.0 Å². The fourth-order valence-electron chi connectivity index (χ4n) is 5.06. The van der Waals surface area contributed by atoms with Crippen LogP contribution in [0.1, 0.15) is 80.5 Å². The average Bonchev–Trinajstić information content (AvgIpc) is 3.51. The van der Waals surface area contributed by atoms with Crippen LogP contribution in [0.5, 0.6) is 0 Å². The second-order valence-corrected chi connectivity index (χ2v) is 9.59. The Balaban J connectivity index is 0.000000162. The summed E-state index contributed by atoms with van der Waals surface area (Å²) in [5.41, 5.74) is 1.01. The molecule has 10 heteroatoms. The smallest absolute Gasteiger partial charge is 0.279 e. The van der Waals surface area contributed by atoms with Crippen molar-refractivity contribution in [2.75, 3.05) is 12.4 Å². The highest BCUT2D eigenvalue weighted by Crippen LogP contribution is 2.25. The fourth-order valence-corrected chi connectivity index (χ4v) is 5.06. The number of aromatic nitrogens is 6.